The molecular weight excluding hydrogens is 284 g/mol. The Kier molecular flexibility index (Phi) is 3.45. The standard InChI is InChI=1S/C12H9BrN2O2/c13-10-4-2-1-3-9(10)11(16)15-12-8(7-14)5-6-17-12/h1-4H,5-6H2,(H,15,16). The third-order valence-corrected chi connectivity index (χ3v) is 3.04. The number of carbonyl (C=O) groups is 1. The number of hydrogen-bond donors (Lipinski definition) is 1. The minimum absolute atomic E-state index is 0.272. The molecule has 2 rings (SSSR count). The molecular formula is C12H9BrN2O2. The van der Waals surface area contributed by atoms with Crippen molar-refractivity contribution in [1.82, 2.24) is 5.32 Å². The summed E-state index contributed by atoms with van der Waals surface area (Å²) in [6.07, 6.45) is 0.544. The fraction of sp³-hybridized carbons (Fsp3) is 0.167. The van der Waals surface area contributed by atoms with Gasteiger partial charge in [-0.2, -0.15) is 5.26 Å². The van der Waals surface area contributed by atoms with Crippen LogP contribution in [0, 0.1) is 11.3 Å². The van der Waals surface area contributed by atoms with E-state index in [1.54, 1.807) is 18.2 Å². The molecule has 1 amide bonds. The Hall–Kier alpha value is -1.80. The predicted octanol–water partition coefficient (Wildman–Crippen LogP) is 2.33. The van der Waals surface area contributed by atoms with Gasteiger partial charge in [0.2, 0.25) is 5.88 Å². The van der Waals surface area contributed by atoms with E-state index in [1.165, 1.54) is 0 Å². The molecule has 0 unspecified atom stereocenters. The van der Waals surface area contributed by atoms with Crippen molar-refractivity contribution in [2.45, 2.75) is 6.42 Å². The van der Waals surface area contributed by atoms with Crippen LogP contribution in [0.2, 0.25) is 0 Å². The molecule has 86 valence electrons. The molecule has 0 atom stereocenters. The number of ether oxygens (including phenoxy) is 1. The van der Waals surface area contributed by atoms with Crippen LogP contribution in [0.4, 0.5) is 0 Å². The topological polar surface area (TPSA) is 62.1 Å². The van der Waals surface area contributed by atoms with Crippen LogP contribution in [0.5, 0.6) is 0 Å². The van der Waals surface area contributed by atoms with Crippen LogP contribution in [0.25, 0.3) is 0 Å². The van der Waals surface area contributed by atoms with Gasteiger partial charge in [-0.15, -0.1) is 0 Å². The Bertz CT molecular complexity index is 532. The van der Waals surface area contributed by atoms with Gasteiger partial charge in [-0.05, 0) is 28.1 Å². The Labute approximate surface area is 107 Å². The number of nitrogens with one attached hydrogen (secondary N) is 1. The minimum atomic E-state index is -0.290. The number of nitriles is 1. The molecule has 4 nitrogen and oxygen atoms in total. The summed E-state index contributed by atoms with van der Waals surface area (Å²) in [6.45, 7) is 0.439. The molecule has 5 heteroatoms. The van der Waals surface area contributed by atoms with Crippen molar-refractivity contribution in [2.24, 2.45) is 0 Å². The zero-order valence-electron chi connectivity index (χ0n) is 8.87. The van der Waals surface area contributed by atoms with Gasteiger partial charge in [0.1, 0.15) is 6.07 Å². The van der Waals surface area contributed by atoms with E-state index < -0.39 is 0 Å². The first-order valence-corrected chi connectivity index (χ1v) is 5.83. The highest BCUT2D eigenvalue weighted by atomic mass is 79.9. The zero-order valence-corrected chi connectivity index (χ0v) is 10.5. The minimum Gasteiger partial charge on any atom is -0.478 e. The van der Waals surface area contributed by atoms with Crippen LogP contribution in [-0.2, 0) is 4.74 Å². The van der Waals surface area contributed by atoms with Crippen molar-refractivity contribution in [3.05, 3.63) is 45.8 Å². The lowest BCUT2D eigenvalue weighted by Gasteiger charge is -2.07. The molecule has 0 spiro atoms. The number of amides is 1. The van der Waals surface area contributed by atoms with Gasteiger partial charge in [0.25, 0.3) is 5.91 Å². The van der Waals surface area contributed by atoms with E-state index >= 15 is 0 Å². The van der Waals surface area contributed by atoms with Gasteiger partial charge < -0.3 is 4.74 Å². The SMILES string of the molecule is N#CC1=C(NC(=O)c2ccccc2Br)OCC1. The van der Waals surface area contributed by atoms with Crippen LogP contribution in [0.3, 0.4) is 0 Å². The van der Waals surface area contributed by atoms with Crippen molar-refractivity contribution in [2.75, 3.05) is 6.61 Å². The number of rotatable bonds is 2. The highest BCUT2D eigenvalue weighted by Gasteiger charge is 2.19. The summed E-state index contributed by atoms with van der Waals surface area (Å²) in [5, 5.41) is 11.4. The van der Waals surface area contributed by atoms with Gasteiger partial charge in [-0.3, -0.25) is 10.1 Å². The highest BCUT2D eigenvalue weighted by molar-refractivity contribution is 9.10. The summed E-state index contributed by atoms with van der Waals surface area (Å²) in [5.41, 5.74) is 0.984. The van der Waals surface area contributed by atoms with Gasteiger partial charge in [0.05, 0.1) is 17.7 Å². The molecule has 17 heavy (non-hydrogen) atoms. The first-order chi connectivity index (χ1) is 8.22. The Morgan fingerprint density at radius 1 is 1.47 bits per heavy atom. The van der Waals surface area contributed by atoms with Crippen LogP contribution in [0.1, 0.15) is 16.8 Å². The lowest BCUT2D eigenvalue weighted by atomic mass is 10.2. The summed E-state index contributed by atoms with van der Waals surface area (Å²) in [6, 6.07) is 9.09. The van der Waals surface area contributed by atoms with E-state index in [9.17, 15) is 4.79 Å². The molecule has 1 aromatic carbocycles. The first-order valence-electron chi connectivity index (χ1n) is 5.04. The number of nitrogens with zero attached hydrogens (tertiary/aromatic N) is 1. The van der Waals surface area contributed by atoms with Crippen LogP contribution in [-0.4, -0.2) is 12.5 Å². The molecule has 1 heterocycles. The van der Waals surface area contributed by atoms with E-state index in [2.05, 4.69) is 21.2 Å². The average molecular weight is 293 g/mol. The molecule has 1 aromatic rings. The Balaban J connectivity index is 2.19. The maximum absolute atomic E-state index is 11.9. The predicted molar refractivity (Wildman–Crippen MR) is 64.8 cm³/mol. The van der Waals surface area contributed by atoms with Gasteiger partial charge in [-0.1, -0.05) is 12.1 Å². The lowest BCUT2D eigenvalue weighted by Crippen LogP contribution is -2.24. The molecule has 0 fully saturated rings. The molecule has 0 aliphatic carbocycles. The van der Waals surface area contributed by atoms with Crippen molar-refractivity contribution in [1.29, 1.82) is 5.26 Å². The summed E-state index contributed by atoms with van der Waals surface area (Å²) in [5.74, 6) is -0.0182. The molecule has 1 aliphatic heterocycles. The molecule has 1 aliphatic rings. The maximum Gasteiger partial charge on any atom is 0.259 e. The van der Waals surface area contributed by atoms with E-state index in [0.717, 1.165) is 0 Å². The summed E-state index contributed by atoms with van der Waals surface area (Å²) < 4.78 is 5.90. The lowest BCUT2D eigenvalue weighted by molar-refractivity contribution is 0.0929. The summed E-state index contributed by atoms with van der Waals surface area (Å²) >= 11 is 3.30. The van der Waals surface area contributed by atoms with E-state index in [4.69, 9.17) is 10.00 Å². The third kappa shape index (κ3) is 2.48. The second kappa shape index (κ2) is 5.02. The fourth-order valence-electron chi connectivity index (χ4n) is 1.49. The maximum atomic E-state index is 11.9. The number of hydrogen-bond acceptors (Lipinski definition) is 3. The van der Waals surface area contributed by atoms with Crippen molar-refractivity contribution in [3.8, 4) is 6.07 Å². The van der Waals surface area contributed by atoms with E-state index in [1.807, 2.05) is 12.1 Å². The Morgan fingerprint density at radius 2 is 2.24 bits per heavy atom. The van der Waals surface area contributed by atoms with Crippen molar-refractivity contribution >= 4 is 21.8 Å². The second-order valence-corrected chi connectivity index (χ2v) is 4.31. The second-order valence-electron chi connectivity index (χ2n) is 3.45. The van der Waals surface area contributed by atoms with Gasteiger partial charge in [-0.25, -0.2) is 0 Å². The molecule has 0 saturated carbocycles. The van der Waals surface area contributed by atoms with E-state index in [-0.39, 0.29) is 11.8 Å². The third-order valence-electron chi connectivity index (χ3n) is 2.35. The quantitative estimate of drug-likeness (QED) is 0.910. The number of halogens is 1. The van der Waals surface area contributed by atoms with Crippen LogP contribution < -0.4 is 5.32 Å². The summed E-state index contributed by atoms with van der Waals surface area (Å²) in [4.78, 5) is 11.9. The Morgan fingerprint density at radius 3 is 2.94 bits per heavy atom. The number of carbonyl (C=O) groups excluding carboxylic acids is 1. The van der Waals surface area contributed by atoms with E-state index in [0.29, 0.717) is 28.6 Å². The largest absolute Gasteiger partial charge is 0.478 e. The van der Waals surface area contributed by atoms with Crippen molar-refractivity contribution in [3.63, 3.8) is 0 Å². The zero-order chi connectivity index (χ0) is 12.3. The molecule has 0 aromatic heterocycles. The normalized spacial score (nSPS) is 14.1. The molecule has 1 N–H and O–H groups in total. The van der Waals surface area contributed by atoms with Crippen molar-refractivity contribution < 1.29 is 9.53 Å². The highest BCUT2D eigenvalue weighted by Crippen LogP contribution is 2.19. The monoisotopic (exact) mass is 292 g/mol. The van der Waals surface area contributed by atoms with Crippen LogP contribution in [0.15, 0.2) is 40.2 Å². The van der Waals surface area contributed by atoms with Gasteiger partial charge in [0, 0.05) is 10.9 Å². The first kappa shape index (κ1) is 11.7. The number of benzene rings is 1. The van der Waals surface area contributed by atoms with Crippen LogP contribution >= 0.6 is 15.9 Å². The fourth-order valence-corrected chi connectivity index (χ4v) is 1.95. The molecule has 0 saturated heterocycles. The summed E-state index contributed by atoms with van der Waals surface area (Å²) in [7, 11) is 0. The van der Waals surface area contributed by atoms with Gasteiger partial charge >= 0.3 is 0 Å². The molecule has 0 radical (unpaired) electrons. The molecule has 0 bridgehead atoms. The smallest absolute Gasteiger partial charge is 0.259 e. The average Bonchev–Trinajstić information content (AvgIpc) is 2.76. The van der Waals surface area contributed by atoms with Gasteiger partial charge in [0.15, 0.2) is 0 Å².